The summed E-state index contributed by atoms with van der Waals surface area (Å²) in [5.41, 5.74) is 1.71. The number of hydrogen-bond acceptors (Lipinski definition) is 5. The number of nitrogens with one attached hydrogen (secondary N) is 1. The first kappa shape index (κ1) is 11.1. The molecule has 88 valence electrons. The summed E-state index contributed by atoms with van der Waals surface area (Å²) in [7, 11) is 1.82. The fourth-order valence-electron chi connectivity index (χ4n) is 1.42. The molecule has 0 fully saturated rings. The first-order valence-electron chi connectivity index (χ1n) is 4.98. The van der Waals surface area contributed by atoms with E-state index in [1.54, 1.807) is 6.20 Å². The highest BCUT2D eigenvalue weighted by Gasteiger charge is 2.09. The van der Waals surface area contributed by atoms with Crippen molar-refractivity contribution in [2.45, 2.75) is 6.54 Å². The van der Waals surface area contributed by atoms with Crippen LogP contribution in [0.4, 0.5) is 11.4 Å². The molecule has 2 aromatic heterocycles. The summed E-state index contributed by atoms with van der Waals surface area (Å²) in [5.74, 6) is 0. The minimum atomic E-state index is -0.471. The molecule has 0 aliphatic heterocycles. The second kappa shape index (κ2) is 4.60. The SMILES string of the molecule is CNc1ccnc(Cn2cc([N+](=O)[O-])cn2)c1. The Labute approximate surface area is 97.2 Å². The second-order valence-electron chi connectivity index (χ2n) is 3.44. The Kier molecular flexibility index (Phi) is 2.99. The van der Waals surface area contributed by atoms with Crippen LogP contribution in [0.1, 0.15) is 5.69 Å². The van der Waals surface area contributed by atoms with Crippen LogP contribution < -0.4 is 5.32 Å². The van der Waals surface area contributed by atoms with Crippen molar-refractivity contribution in [2.75, 3.05) is 12.4 Å². The molecule has 2 rings (SSSR count). The lowest BCUT2D eigenvalue weighted by Gasteiger charge is -2.03. The molecule has 0 radical (unpaired) electrons. The molecule has 0 atom stereocenters. The summed E-state index contributed by atoms with van der Waals surface area (Å²) in [6, 6.07) is 3.71. The normalized spacial score (nSPS) is 10.2. The maximum absolute atomic E-state index is 10.5. The quantitative estimate of drug-likeness (QED) is 0.635. The van der Waals surface area contributed by atoms with Gasteiger partial charge in [-0.15, -0.1) is 0 Å². The van der Waals surface area contributed by atoms with Crippen LogP contribution in [0, 0.1) is 10.1 Å². The Morgan fingerprint density at radius 3 is 3.06 bits per heavy atom. The van der Waals surface area contributed by atoms with Gasteiger partial charge >= 0.3 is 5.69 Å². The van der Waals surface area contributed by atoms with E-state index in [1.807, 2.05) is 19.2 Å². The van der Waals surface area contributed by atoms with Gasteiger partial charge in [0.25, 0.3) is 0 Å². The van der Waals surface area contributed by atoms with Gasteiger partial charge in [-0.25, -0.2) is 0 Å². The van der Waals surface area contributed by atoms with E-state index < -0.39 is 4.92 Å². The minimum absolute atomic E-state index is 0.0187. The van der Waals surface area contributed by atoms with Crippen LogP contribution >= 0.6 is 0 Å². The number of pyridine rings is 1. The lowest BCUT2D eigenvalue weighted by molar-refractivity contribution is -0.385. The highest BCUT2D eigenvalue weighted by Crippen LogP contribution is 2.11. The van der Waals surface area contributed by atoms with Crippen molar-refractivity contribution in [2.24, 2.45) is 0 Å². The monoisotopic (exact) mass is 233 g/mol. The Morgan fingerprint density at radius 1 is 1.59 bits per heavy atom. The van der Waals surface area contributed by atoms with E-state index in [1.165, 1.54) is 17.1 Å². The molecule has 0 spiro atoms. The first-order valence-corrected chi connectivity index (χ1v) is 4.98. The maximum atomic E-state index is 10.5. The van der Waals surface area contributed by atoms with Crippen molar-refractivity contribution in [3.63, 3.8) is 0 Å². The molecule has 0 bridgehead atoms. The molecule has 1 N–H and O–H groups in total. The summed E-state index contributed by atoms with van der Waals surface area (Å²) in [6.45, 7) is 0.406. The van der Waals surface area contributed by atoms with Crippen LogP contribution in [0.2, 0.25) is 0 Å². The summed E-state index contributed by atoms with van der Waals surface area (Å²) in [4.78, 5) is 14.2. The molecule has 0 saturated carbocycles. The van der Waals surface area contributed by atoms with Crippen molar-refractivity contribution in [3.8, 4) is 0 Å². The number of nitro groups is 1. The van der Waals surface area contributed by atoms with Crippen molar-refractivity contribution in [1.82, 2.24) is 14.8 Å². The van der Waals surface area contributed by atoms with Crippen molar-refractivity contribution in [1.29, 1.82) is 0 Å². The first-order chi connectivity index (χ1) is 8.19. The fourth-order valence-corrected chi connectivity index (χ4v) is 1.42. The van der Waals surface area contributed by atoms with Gasteiger partial charge in [0.15, 0.2) is 0 Å². The van der Waals surface area contributed by atoms with Crippen LogP contribution in [-0.4, -0.2) is 26.7 Å². The van der Waals surface area contributed by atoms with E-state index in [0.29, 0.717) is 6.54 Å². The molecular formula is C10H11N5O2. The average molecular weight is 233 g/mol. The van der Waals surface area contributed by atoms with E-state index in [0.717, 1.165) is 11.4 Å². The number of aromatic nitrogens is 3. The van der Waals surface area contributed by atoms with Crippen LogP contribution in [0.15, 0.2) is 30.7 Å². The average Bonchev–Trinajstić information content (AvgIpc) is 2.78. The second-order valence-corrected chi connectivity index (χ2v) is 3.44. The van der Waals surface area contributed by atoms with Gasteiger partial charge in [0.1, 0.15) is 12.4 Å². The van der Waals surface area contributed by atoms with Gasteiger partial charge in [-0.3, -0.25) is 19.8 Å². The zero-order valence-electron chi connectivity index (χ0n) is 9.20. The number of hydrogen-bond donors (Lipinski definition) is 1. The van der Waals surface area contributed by atoms with E-state index in [9.17, 15) is 10.1 Å². The Balaban J connectivity index is 2.16. The van der Waals surface area contributed by atoms with Gasteiger partial charge in [0.2, 0.25) is 0 Å². The zero-order chi connectivity index (χ0) is 12.3. The minimum Gasteiger partial charge on any atom is -0.388 e. The van der Waals surface area contributed by atoms with E-state index >= 15 is 0 Å². The predicted molar refractivity (Wildman–Crippen MR) is 61.8 cm³/mol. The van der Waals surface area contributed by atoms with Gasteiger partial charge in [0, 0.05) is 18.9 Å². The summed E-state index contributed by atoms with van der Waals surface area (Å²) < 4.78 is 1.49. The van der Waals surface area contributed by atoms with E-state index in [-0.39, 0.29) is 5.69 Å². The molecule has 7 nitrogen and oxygen atoms in total. The number of rotatable bonds is 4. The zero-order valence-corrected chi connectivity index (χ0v) is 9.20. The van der Waals surface area contributed by atoms with Gasteiger partial charge in [-0.1, -0.05) is 0 Å². The highest BCUT2D eigenvalue weighted by molar-refractivity contribution is 5.42. The lowest BCUT2D eigenvalue weighted by atomic mass is 10.3. The molecule has 7 heteroatoms. The Morgan fingerprint density at radius 2 is 2.41 bits per heavy atom. The molecule has 2 aromatic rings. The lowest BCUT2D eigenvalue weighted by Crippen LogP contribution is -2.02. The van der Waals surface area contributed by atoms with Crippen LogP contribution in [0.25, 0.3) is 0 Å². The topological polar surface area (TPSA) is 85.9 Å². The van der Waals surface area contributed by atoms with Crippen LogP contribution in [-0.2, 0) is 6.54 Å². The van der Waals surface area contributed by atoms with Crippen molar-refractivity contribution in [3.05, 3.63) is 46.5 Å². The molecule has 0 saturated heterocycles. The van der Waals surface area contributed by atoms with Gasteiger partial charge in [-0.05, 0) is 12.1 Å². The third-order valence-corrected chi connectivity index (χ3v) is 2.26. The van der Waals surface area contributed by atoms with Crippen molar-refractivity contribution >= 4 is 11.4 Å². The number of anilines is 1. The van der Waals surface area contributed by atoms with E-state index in [2.05, 4.69) is 15.4 Å². The third-order valence-electron chi connectivity index (χ3n) is 2.26. The fraction of sp³-hybridized carbons (Fsp3) is 0.200. The molecule has 0 aliphatic carbocycles. The Hall–Kier alpha value is -2.44. The van der Waals surface area contributed by atoms with Gasteiger partial charge in [-0.2, -0.15) is 5.10 Å². The largest absolute Gasteiger partial charge is 0.388 e. The van der Waals surface area contributed by atoms with Crippen LogP contribution in [0.5, 0.6) is 0 Å². The standard InChI is InChI=1S/C10H11N5O2/c1-11-8-2-3-12-9(4-8)6-14-7-10(5-13-14)15(16)17/h2-5,7H,6H2,1H3,(H,11,12). The molecule has 17 heavy (non-hydrogen) atoms. The van der Waals surface area contributed by atoms with Crippen molar-refractivity contribution < 1.29 is 4.92 Å². The summed E-state index contributed by atoms with van der Waals surface area (Å²) >= 11 is 0. The summed E-state index contributed by atoms with van der Waals surface area (Å²) in [6.07, 6.45) is 4.29. The Bertz CT molecular complexity index is 537. The summed E-state index contributed by atoms with van der Waals surface area (Å²) in [5, 5.41) is 17.4. The molecule has 0 amide bonds. The molecule has 0 aromatic carbocycles. The highest BCUT2D eigenvalue weighted by atomic mass is 16.6. The molecular weight excluding hydrogens is 222 g/mol. The maximum Gasteiger partial charge on any atom is 0.307 e. The van der Waals surface area contributed by atoms with Crippen LogP contribution in [0.3, 0.4) is 0 Å². The van der Waals surface area contributed by atoms with E-state index in [4.69, 9.17) is 0 Å². The third kappa shape index (κ3) is 2.57. The number of nitrogens with zero attached hydrogens (tertiary/aromatic N) is 4. The van der Waals surface area contributed by atoms with Gasteiger partial charge in [0.05, 0.1) is 17.2 Å². The molecule has 0 aliphatic rings. The van der Waals surface area contributed by atoms with Gasteiger partial charge < -0.3 is 5.32 Å². The molecule has 2 heterocycles. The molecule has 0 unspecified atom stereocenters. The smallest absolute Gasteiger partial charge is 0.307 e. The predicted octanol–water partition coefficient (Wildman–Crippen LogP) is 1.28.